The number of carboxylic acids is 1. The third kappa shape index (κ3) is 7.40. The average Bonchev–Trinajstić information content (AvgIpc) is 3.72. The third-order valence-electron chi connectivity index (χ3n) is 5.90. The summed E-state index contributed by atoms with van der Waals surface area (Å²) in [7, 11) is 1.61. The van der Waals surface area contributed by atoms with E-state index >= 15 is 0 Å². The Morgan fingerprint density at radius 2 is 1.71 bits per heavy atom. The molecular weight excluding hydrogens is 502 g/mol. The number of hydrogen-bond acceptors (Lipinski definition) is 6. The zero-order valence-electron chi connectivity index (χ0n) is 21.3. The standard InChI is InChI=1S/C30H30ClN3O4/c1-19-15-23(31)17-24(16-19)34-18-27(20-5-9-25(37-2)10-6-20)30(32)38-26-11-7-22(8-12-26)29(21-3-4-21)33-14-13-28(35)36/h5-12,15-18,33H,3-4,13-14,32H2,1-2H3,(H,35,36). The van der Waals surface area contributed by atoms with Crippen LogP contribution in [0.25, 0.3) is 11.3 Å². The smallest absolute Gasteiger partial charge is 0.305 e. The molecule has 0 aromatic heterocycles. The van der Waals surface area contributed by atoms with Gasteiger partial charge in [-0.15, -0.1) is 0 Å². The van der Waals surface area contributed by atoms with Crippen LogP contribution in [0.3, 0.4) is 0 Å². The normalized spacial score (nSPS) is 13.2. The van der Waals surface area contributed by atoms with Crippen molar-refractivity contribution in [1.82, 2.24) is 5.32 Å². The summed E-state index contributed by atoms with van der Waals surface area (Å²) in [5.41, 5.74) is 12.8. The highest BCUT2D eigenvalue weighted by Crippen LogP contribution is 2.35. The van der Waals surface area contributed by atoms with Crippen molar-refractivity contribution >= 4 is 40.7 Å². The molecule has 196 valence electrons. The maximum atomic E-state index is 10.9. The lowest BCUT2D eigenvalue weighted by atomic mass is 10.1. The molecule has 0 amide bonds. The Bertz CT molecular complexity index is 1370. The summed E-state index contributed by atoms with van der Waals surface area (Å²) in [6.45, 7) is 2.33. The van der Waals surface area contributed by atoms with E-state index in [-0.39, 0.29) is 12.3 Å². The minimum Gasteiger partial charge on any atom is -0.497 e. The Hall–Kier alpha value is -4.23. The van der Waals surface area contributed by atoms with Gasteiger partial charge in [-0.3, -0.25) is 9.79 Å². The number of aliphatic imine (C=N–C) groups is 1. The number of ether oxygens (including phenoxy) is 2. The van der Waals surface area contributed by atoms with Crippen molar-refractivity contribution in [3.05, 3.63) is 99.9 Å². The van der Waals surface area contributed by atoms with Crippen LogP contribution in [0, 0.1) is 6.92 Å². The lowest BCUT2D eigenvalue weighted by molar-refractivity contribution is -0.136. The quantitative estimate of drug-likeness (QED) is 0.197. The van der Waals surface area contributed by atoms with E-state index in [1.54, 1.807) is 19.4 Å². The first-order valence-corrected chi connectivity index (χ1v) is 12.6. The van der Waals surface area contributed by atoms with Crippen LogP contribution in [0.4, 0.5) is 5.69 Å². The molecule has 0 radical (unpaired) electrons. The number of hydrogen-bond donors (Lipinski definition) is 3. The second-order valence-corrected chi connectivity index (χ2v) is 9.36. The Morgan fingerprint density at radius 1 is 1.05 bits per heavy atom. The number of allylic oxidation sites excluding steroid dienone is 2. The van der Waals surface area contributed by atoms with Crippen molar-refractivity contribution in [2.24, 2.45) is 10.7 Å². The molecule has 0 bridgehead atoms. The molecule has 0 saturated heterocycles. The van der Waals surface area contributed by atoms with E-state index in [2.05, 4.69) is 10.3 Å². The summed E-state index contributed by atoms with van der Waals surface area (Å²) in [6.07, 6.45) is 3.75. The van der Waals surface area contributed by atoms with Gasteiger partial charge in [0.1, 0.15) is 11.5 Å². The molecule has 1 aliphatic rings. The molecule has 1 saturated carbocycles. The molecule has 0 heterocycles. The number of benzene rings is 3. The van der Waals surface area contributed by atoms with Crippen LogP contribution >= 0.6 is 11.6 Å². The molecule has 0 atom stereocenters. The van der Waals surface area contributed by atoms with E-state index in [0.717, 1.165) is 41.0 Å². The van der Waals surface area contributed by atoms with Gasteiger partial charge in [0.25, 0.3) is 0 Å². The molecule has 4 N–H and O–H groups in total. The first kappa shape index (κ1) is 26.8. The number of carbonyl (C=O) groups is 1. The monoisotopic (exact) mass is 531 g/mol. The lowest BCUT2D eigenvalue weighted by Crippen LogP contribution is -2.17. The molecule has 4 rings (SSSR count). The van der Waals surface area contributed by atoms with Crippen molar-refractivity contribution < 1.29 is 19.4 Å². The summed E-state index contributed by atoms with van der Waals surface area (Å²) in [5.74, 6) is 0.647. The van der Waals surface area contributed by atoms with Crippen molar-refractivity contribution in [2.45, 2.75) is 26.2 Å². The number of aryl methyl sites for hydroxylation is 1. The fraction of sp³-hybridized carbons (Fsp3) is 0.200. The van der Waals surface area contributed by atoms with Crippen LogP contribution in [-0.4, -0.2) is 30.9 Å². The van der Waals surface area contributed by atoms with Gasteiger partial charge in [0.2, 0.25) is 0 Å². The van der Waals surface area contributed by atoms with E-state index in [9.17, 15) is 4.79 Å². The second-order valence-electron chi connectivity index (χ2n) is 8.93. The number of nitrogens with two attached hydrogens (primary N) is 1. The van der Waals surface area contributed by atoms with Gasteiger partial charge < -0.3 is 25.6 Å². The topological polar surface area (TPSA) is 106 Å². The van der Waals surface area contributed by atoms with Gasteiger partial charge >= 0.3 is 5.97 Å². The predicted octanol–water partition coefficient (Wildman–Crippen LogP) is 6.34. The van der Waals surface area contributed by atoms with Crippen LogP contribution in [0.2, 0.25) is 5.02 Å². The maximum Gasteiger partial charge on any atom is 0.305 e. The Labute approximate surface area is 227 Å². The molecule has 0 unspecified atom stereocenters. The second kappa shape index (κ2) is 12.3. The molecule has 8 heteroatoms. The number of nitrogens with zero attached hydrogens (tertiary/aromatic N) is 1. The van der Waals surface area contributed by atoms with Crippen LogP contribution < -0.4 is 20.5 Å². The molecule has 1 aliphatic carbocycles. The molecule has 38 heavy (non-hydrogen) atoms. The van der Waals surface area contributed by atoms with Gasteiger partial charge in [0.05, 0.1) is 24.8 Å². The van der Waals surface area contributed by atoms with E-state index in [1.807, 2.05) is 67.6 Å². The molecule has 1 fully saturated rings. The predicted molar refractivity (Wildman–Crippen MR) is 152 cm³/mol. The summed E-state index contributed by atoms with van der Waals surface area (Å²) in [5, 5.41) is 12.8. The summed E-state index contributed by atoms with van der Waals surface area (Å²) >= 11 is 6.20. The highest BCUT2D eigenvalue weighted by Gasteiger charge is 2.19. The average molecular weight is 532 g/mol. The van der Waals surface area contributed by atoms with Crippen LogP contribution in [0.15, 0.2) is 83.2 Å². The van der Waals surface area contributed by atoms with Gasteiger partial charge in [-0.25, -0.2) is 0 Å². The lowest BCUT2D eigenvalue weighted by Gasteiger charge is -2.13. The Morgan fingerprint density at radius 3 is 2.32 bits per heavy atom. The molecule has 3 aromatic rings. The van der Waals surface area contributed by atoms with Crippen LogP contribution in [0.1, 0.15) is 36.0 Å². The summed E-state index contributed by atoms with van der Waals surface area (Å²) in [6, 6.07) is 20.6. The Kier molecular flexibility index (Phi) is 8.71. The van der Waals surface area contributed by atoms with Crippen molar-refractivity contribution in [3.8, 4) is 11.5 Å². The first-order valence-electron chi connectivity index (χ1n) is 12.2. The zero-order valence-corrected chi connectivity index (χ0v) is 22.1. The van der Waals surface area contributed by atoms with E-state index < -0.39 is 5.97 Å². The van der Waals surface area contributed by atoms with Gasteiger partial charge in [0, 0.05) is 23.5 Å². The largest absolute Gasteiger partial charge is 0.497 e. The highest BCUT2D eigenvalue weighted by atomic mass is 35.5. The number of methoxy groups -OCH3 is 1. The number of rotatable bonds is 11. The fourth-order valence-corrected chi connectivity index (χ4v) is 4.18. The summed E-state index contributed by atoms with van der Waals surface area (Å²) in [4.78, 5) is 15.5. The minimum absolute atomic E-state index is 0.0593. The van der Waals surface area contributed by atoms with E-state index in [0.29, 0.717) is 28.6 Å². The number of nitrogens with one attached hydrogen (secondary N) is 1. The number of halogens is 1. The van der Waals surface area contributed by atoms with E-state index in [1.165, 1.54) is 5.57 Å². The Balaban J connectivity index is 1.59. The SMILES string of the molecule is COc1ccc(C(C=Nc2cc(C)cc(Cl)c2)=C(N)Oc2ccc(C(NCCC(=O)O)=C3CC3)cc2)cc1. The maximum absolute atomic E-state index is 10.9. The van der Waals surface area contributed by atoms with Crippen LogP contribution in [0.5, 0.6) is 11.5 Å². The van der Waals surface area contributed by atoms with Crippen molar-refractivity contribution in [2.75, 3.05) is 13.7 Å². The van der Waals surface area contributed by atoms with Gasteiger partial charge in [-0.2, -0.15) is 0 Å². The molecule has 0 spiro atoms. The number of aliphatic carboxylic acids is 1. The van der Waals surface area contributed by atoms with Crippen LogP contribution in [-0.2, 0) is 4.79 Å². The number of carboxylic acid groups (broad SMARTS) is 1. The van der Waals surface area contributed by atoms with Crippen molar-refractivity contribution in [1.29, 1.82) is 0 Å². The third-order valence-corrected chi connectivity index (χ3v) is 6.12. The first-order chi connectivity index (χ1) is 18.3. The highest BCUT2D eigenvalue weighted by molar-refractivity contribution is 6.31. The fourth-order valence-electron chi connectivity index (χ4n) is 3.89. The molecule has 0 aliphatic heterocycles. The van der Waals surface area contributed by atoms with E-state index in [4.69, 9.17) is 31.9 Å². The van der Waals surface area contributed by atoms with Gasteiger partial charge in [0.15, 0.2) is 5.88 Å². The van der Waals surface area contributed by atoms with Gasteiger partial charge in [-0.1, -0.05) is 23.7 Å². The zero-order chi connectivity index (χ0) is 27.1. The van der Waals surface area contributed by atoms with Crippen molar-refractivity contribution in [3.63, 3.8) is 0 Å². The minimum atomic E-state index is -0.828. The molecular formula is C30H30ClN3O4. The van der Waals surface area contributed by atoms with Gasteiger partial charge in [-0.05, 0) is 96.6 Å². The molecule has 3 aromatic carbocycles. The molecule has 7 nitrogen and oxygen atoms in total. The summed E-state index contributed by atoms with van der Waals surface area (Å²) < 4.78 is 11.3.